The molecule has 0 amide bonds. The second-order valence-electron chi connectivity index (χ2n) is 6.09. The highest BCUT2D eigenvalue weighted by atomic mass is 16.5. The molecule has 27 heavy (non-hydrogen) atoms. The summed E-state index contributed by atoms with van der Waals surface area (Å²) in [5.74, 6) is 1.43. The van der Waals surface area contributed by atoms with E-state index in [2.05, 4.69) is 25.3 Å². The molecular weight excluding hydrogens is 340 g/mol. The monoisotopic (exact) mass is 356 g/mol. The maximum absolute atomic E-state index is 5.48. The number of aromatic nitrogens is 6. The van der Waals surface area contributed by atoms with Gasteiger partial charge in [0.25, 0.3) is 0 Å². The molecule has 0 aliphatic rings. The van der Waals surface area contributed by atoms with Crippen molar-refractivity contribution in [2.24, 2.45) is 0 Å². The van der Waals surface area contributed by atoms with Crippen LogP contribution in [0, 0.1) is 0 Å². The van der Waals surface area contributed by atoms with Gasteiger partial charge in [-0.3, -0.25) is 5.10 Å². The van der Waals surface area contributed by atoms with Crippen LogP contribution in [0.3, 0.4) is 0 Å². The Morgan fingerprint density at radius 2 is 1.93 bits per heavy atom. The van der Waals surface area contributed by atoms with E-state index in [9.17, 15) is 0 Å². The highest BCUT2D eigenvalue weighted by Crippen LogP contribution is 2.25. The van der Waals surface area contributed by atoms with E-state index in [-0.39, 0.29) is 0 Å². The summed E-state index contributed by atoms with van der Waals surface area (Å²) in [4.78, 5) is 9.09. The number of rotatable bonds is 4. The van der Waals surface area contributed by atoms with Gasteiger partial charge in [-0.25, -0.2) is 14.5 Å². The van der Waals surface area contributed by atoms with E-state index >= 15 is 0 Å². The lowest BCUT2D eigenvalue weighted by molar-refractivity contribution is 0.340. The average molecular weight is 356 g/mol. The van der Waals surface area contributed by atoms with E-state index in [1.54, 1.807) is 10.8 Å². The van der Waals surface area contributed by atoms with Crippen LogP contribution in [0.1, 0.15) is 6.92 Å². The molecule has 0 fully saturated rings. The van der Waals surface area contributed by atoms with Gasteiger partial charge in [0.15, 0.2) is 11.5 Å². The van der Waals surface area contributed by atoms with Crippen LogP contribution in [0.2, 0.25) is 0 Å². The number of para-hydroxylation sites is 1. The van der Waals surface area contributed by atoms with Crippen LogP contribution in [0.4, 0.5) is 0 Å². The highest BCUT2D eigenvalue weighted by Gasteiger charge is 2.13. The van der Waals surface area contributed by atoms with Gasteiger partial charge in [0, 0.05) is 10.9 Å². The molecule has 0 unspecified atom stereocenters. The lowest BCUT2D eigenvalue weighted by Gasteiger charge is -2.02. The third-order valence-corrected chi connectivity index (χ3v) is 4.36. The SMILES string of the molecule is CCOc1ccc(-c2cc(-c3nc4c5ccccc5ncn4n3)[nH]n2)cc1. The molecule has 5 rings (SSSR count). The summed E-state index contributed by atoms with van der Waals surface area (Å²) in [5, 5.41) is 12.9. The molecule has 0 saturated heterocycles. The average Bonchev–Trinajstić information content (AvgIpc) is 3.36. The van der Waals surface area contributed by atoms with Crippen LogP contribution in [-0.4, -0.2) is 36.4 Å². The Morgan fingerprint density at radius 3 is 2.78 bits per heavy atom. The van der Waals surface area contributed by atoms with Crippen molar-refractivity contribution < 1.29 is 4.74 Å². The molecule has 0 aliphatic carbocycles. The van der Waals surface area contributed by atoms with Crippen molar-refractivity contribution in [3.63, 3.8) is 0 Å². The molecule has 0 saturated carbocycles. The summed E-state index contributed by atoms with van der Waals surface area (Å²) in [6, 6.07) is 17.7. The standard InChI is InChI=1S/C20H16N6O/c1-2-27-14-9-7-13(8-10-14)17-11-18(24-23-17)19-22-20-15-5-3-4-6-16(15)21-12-26(20)25-19/h3-12H,2H2,1H3,(H,23,24). The zero-order chi connectivity index (χ0) is 18.2. The molecule has 3 aromatic heterocycles. The van der Waals surface area contributed by atoms with Gasteiger partial charge in [-0.1, -0.05) is 12.1 Å². The first-order valence-electron chi connectivity index (χ1n) is 8.71. The van der Waals surface area contributed by atoms with Crippen molar-refractivity contribution >= 4 is 16.6 Å². The van der Waals surface area contributed by atoms with E-state index in [4.69, 9.17) is 4.74 Å². The molecule has 7 nitrogen and oxygen atoms in total. The Hall–Kier alpha value is -3.74. The molecule has 0 spiro atoms. The van der Waals surface area contributed by atoms with Gasteiger partial charge >= 0.3 is 0 Å². The molecule has 5 aromatic rings. The molecule has 0 bridgehead atoms. The molecule has 0 radical (unpaired) electrons. The van der Waals surface area contributed by atoms with E-state index in [1.165, 1.54) is 0 Å². The molecule has 0 aliphatic heterocycles. The number of fused-ring (bicyclic) bond motifs is 3. The van der Waals surface area contributed by atoms with E-state index in [0.29, 0.717) is 12.4 Å². The van der Waals surface area contributed by atoms with Crippen LogP contribution < -0.4 is 4.74 Å². The zero-order valence-electron chi connectivity index (χ0n) is 14.6. The summed E-state index contributed by atoms with van der Waals surface area (Å²) in [6.45, 7) is 2.61. The number of aromatic amines is 1. The predicted octanol–water partition coefficient (Wildman–Crippen LogP) is 3.73. The van der Waals surface area contributed by atoms with Crippen LogP contribution in [0.25, 0.3) is 39.3 Å². The van der Waals surface area contributed by atoms with Crippen molar-refractivity contribution in [3.8, 4) is 28.5 Å². The number of nitrogens with zero attached hydrogens (tertiary/aromatic N) is 5. The first kappa shape index (κ1) is 15.5. The fourth-order valence-corrected chi connectivity index (χ4v) is 3.07. The molecule has 132 valence electrons. The summed E-state index contributed by atoms with van der Waals surface area (Å²) in [7, 11) is 0. The number of H-pyrrole nitrogens is 1. The van der Waals surface area contributed by atoms with Crippen molar-refractivity contribution in [2.75, 3.05) is 6.61 Å². The largest absolute Gasteiger partial charge is 0.494 e. The molecule has 3 heterocycles. The summed E-state index contributed by atoms with van der Waals surface area (Å²) >= 11 is 0. The van der Waals surface area contributed by atoms with E-state index < -0.39 is 0 Å². The number of hydrogen-bond acceptors (Lipinski definition) is 5. The Bertz CT molecular complexity index is 1240. The van der Waals surface area contributed by atoms with Crippen LogP contribution in [0.5, 0.6) is 5.75 Å². The molecule has 1 N–H and O–H groups in total. The van der Waals surface area contributed by atoms with Crippen LogP contribution in [-0.2, 0) is 0 Å². The minimum absolute atomic E-state index is 0.581. The Labute approximate surface area is 154 Å². The fourth-order valence-electron chi connectivity index (χ4n) is 3.07. The van der Waals surface area contributed by atoms with Crippen molar-refractivity contribution in [1.29, 1.82) is 0 Å². The lowest BCUT2D eigenvalue weighted by atomic mass is 10.1. The molecule has 2 aromatic carbocycles. The third-order valence-electron chi connectivity index (χ3n) is 4.36. The number of hydrogen-bond donors (Lipinski definition) is 1. The van der Waals surface area contributed by atoms with Gasteiger partial charge < -0.3 is 4.74 Å². The smallest absolute Gasteiger partial charge is 0.200 e. The van der Waals surface area contributed by atoms with Gasteiger partial charge in [0.1, 0.15) is 17.8 Å². The summed E-state index contributed by atoms with van der Waals surface area (Å²) < 4.78 is 7.17. The minimum atomic E-state index is 0.581. The second kappa shape index (κ2) is 6.21. The third kappa shape index (κ3) is 2.69. The topological polar surface area (TPSA) is 81.0 Å². The van der Waals surface area contributed by atoms with Gasteiger partial charge in [0.05, 0.1) is 17.8 Å². The maximum Gasteiger partial charge on any atom is 0.200 e. The molecule has 7 heteroatoms. The maximum atomic E-state index is 5.48. The Kier molecular flexibility index (Phi) is 3.57. The van der Waals surface area contributed by atoms with Gasteiger partial charge in [-0.2, -0.15) is 5.10 Å². The van der Waals surface area contributed by atoms with Crippen LogP contribution >= 0.6 is 0 Å². The van der Waals surface area contributed by atoms with Crippen molar-refractivity contribution in [1.82, 2.24) is 29.8 Å². The first-order valence-corrected chi connectivity index (χ1v) is 8.71. The Balaban J connectivity index is 1.53. The van der Waals surface area contributed by atoms with Crippen molar-refractivity contribution in [2.45, 2.75) is 6.92 Å². The molecular formula is C20H16N6O. The second-order valence-corrected chi connectivity index (χ2v) is 6.09. The summed E-state index contributed by atoms with van der Waals surface area (Å²) in [5.41, 5.74) is 4.25. The van der Waals surface area contributed by atoms with Gasteiger partial charge in [-0.15, -0.1) is 5.10 Å². The first-order chi connectivity index (χ1) is 13.3. The number of nitrogens with one attached hydrogen (secondary N) is 1. The number of benzene rings is 2. The highest BCUT2D eigenvalue weighted by molar-refractivity contribution is 5.91. The van der Waals surface area contributed by atoms with E-state index in [0.717, 1.165) is 39.3 Å². The number of ether oxygens (including phenoxy) is 1. The lowest BCUT2D eigenvalue weighted by Crippen LogP contribution is -1.90. The fraction of sp³-hybridized carbons (Fsp3) is 0.100. The zero-order valence-corrected chi connectivity index (χ0v) is 14.6. The quantitative estimate of drug-likeness (QED) is 0.531. The summed E-state index contributed by atoms with van der Waals surface area (Å²) in [6.07, 6.45) is 1.68. The van der Waals surface area contributed by atoms with E-state index in [1.807, 2.05) is 61.5 Å². The Morgan fingerprint density at radius 1 is 1.07 bits per heavy atom. The van der Waals surface area contributed by atoms with Gasteiger partial charge in [0.2, 0.25) is 0 Å². The van der Waals surface area contributed by atoms with Crippen LogP contribution in [0.15, 0.2) is 60.9 Å². The minimum Gasteiger partial charge on any atom is -0.494 e. The van der Waals surface area contributed by atoms with Crippen molar-refractivity contribution in [3.05, 3.63) is 60.9 Å². The van der Waals surface area contributed by atoms with Gasteiger partial charge in [-0.05, 0) is 49.4 Å². The molecule has 0 atom stereocenters. The normalized spacial score (nSPS) is 11.3. The predicted molar refractivity (Wildman–Crippen MR) is 102 cm³/mol.